The van der Waals surface area contributed by atoms with E-state index in [1.165, 1.54) is 0 Å². The SMILES string of the molecule is CCO[C@@]1(C)C=Cc2cc(C3=C/C(=C/NC)C(=N)C=C3)c(=O)n(-c3ccc(NC)nc3)c2N1. The highest BCUT2D eigenvalue weighted by Crippen LogP contribution is 2.32. The minimum absolute atomic E-state index is 0.192. The number of aromatic nitrogens is 2. The summed E-state index contributed by atoms with van der Waals surface area (Å²) in [6.45, 7) is 4.38. The number of rotatable bonds is 6. The molecule has 0 saturated heterocycles. The van der Waals surface area contributed by atoms with E-state index in [4.69, 9.17) is 10.1 Å². The third-order valence-corrected chi connectivity index (χ3v) is 5.55. The summed E-state index contributed by atoms with van der Waals surface area (Å²) in [5.41, 5.74) is 2.92. The van der Waals surface area contributed by atoms with E-state index in [9.17, 15) is 4.79 Å². The molecule has 1 aliphatic carbocycles. The van der Waals surface area contributed by atoms with Gasteiger partial charge < -0.3 is 26.1 Å². The summed E-state index contributed by atoms with van der Waals surface area (Å²) >= 11 is 0. The predicted octanol–water partition coefficient (Wildman–Crippen LogP) is 3.54. The molecule has 2 aromatic rings. The van der Waals surface area contributed by atoms with E-state index in [0.29, 0.717) is 40.8 Å². The molecule has 8 nitrogen and oxygen atoms in total. The van der Waals surface area contributed by atoms with Gasteiger partial charge in [0.25, 0.3) is 5.56 Å². The summed E-state index contributed by atoms with van der Waals surface area (Å²) in [5, 5.41) is 17.5. The van der Waals surface area contributed by atoms with Gasteiger partial charge in [0.2, 0.25) is 0 Å². The van der Waals surface area contributed by atoms with Crippen molar-refractivity contribution in [2.24, 2.45) is 0 Å². The lowest BCUT2D eigenvalue weighted by Crippen LogP contribution is -2.40. The topological polar surface area (TPSA) is 104 Å². The molecule has 0 unspecified atom stereocenters. The summed E-state index contributed by atoms with van der Waals surface area (Å²) in [6.07, 6.45) is 12.7. The van der Waals surface area contributed by atoms with Gasteiger partial charge in [0.15, 0.2) is 5.72 Å². The maximum atomic E-state index is 13.9. The molecular formula is C25H28N6O2. The molecule has 2 aromatic heterocycles. The zero-order chi connectivity index (χ0) is 23.6. The summed E-state index contributed by atoms with van der Waals surface area (Å²) in [6, 6.07) is 5.56. The van der Waals surface area contributed by atoms with Crippen molar-refractivity contribution in [1.29, 1.82) is 5.41 Å². The average molecular weight is 445 g/mol. The van der Waals surface area contributed by atoms with E-state index in [1.807, 2.05) is 50.3 Å². The first-order chi connectivity index (χ1) is 15.9. The van der Waals surface area contributed by atoms with Gasteiger partial charge in [0.05, 0.1) is 17.6 Å². The van der Waals surface area contributed by atoms with E-state index in [-0.39, 0.29) is 5.56 Å². The van der Waals surface area contributed by atoms with Gasteiger partial charge in [-0.1, -0.05) is 12.2 Å². The number of allylic oxidation sites excluding steroid dienone is 5. The van der Waals surface area contributed by atoms with E-state index in [1.54, 1.807) is 43.2 Å². The second-order valence-corrected chi connectivity index (χ2v) is 7.89. The number of ether oxygens (including phenoxy) is 1. The largest absolute Gasteiger partial charge is 0.393 e. The quantitative estimate of drug-likeness (QED) is 0.543. The molecule has 0 radical (unpaired) electrons. The highest BCUT2D eigenvalue weighted by Gasteiger charge is 2.29. The van der Waals surface area contributed by atoms with Crippen molar-refractivity contribution in [1.82, 2.24) is 14.9 Å². The number of pyridine rings is 2. The van der Waals surface area contributed by atoms with Crippen LogP contribution in [0.25, 0.3) is 17.3 Å². The summed E-state index contributed by atoms with van der Waals surface area (Å²) in [4.78, 5) is 18.3. The smallest absolute Gasteiger partial charge is 0.264 e. The lowest BCUT2D eigenvalue weighted by Gasteiger charge is -2.34. The molecule has 8 heteroatoms. The molecule has 0 bridgehead atoms. The Morgan fingerprint density at radius 1 is 1.27 bits per heavy atom. The molecule has 3 heterocycles. The standard InChI is InChI=1S/C25H28N6O2/c1-5-33-25(2)11-10-17-13-20(16-6-8-21(26)18(12-16)14-27-3)24(32)31(23(17)30-25)19-7-9-22(28-4)29-15-19/h6-15,26-27,30H,5H2,1-4H3,(H,28,29)/b18-14-,26-21?/t25-/m0/s1. The van der Waals surface area contributed by atoms with Gasteiger partial charge in [-0.25, -0.2) is 4.98 Å². The second-order valence-electron chi connectivity index (χ2n) is 7.89. The molecular weight excluding hydrogens is 416 g/mol. The first-order valence-electron chi connectivity index (χ1n) is 10.8. The molecule has 2 aliphatic rings. The Morgan fingerprint density at radius 2 is 2.09 bits per heavy atom. The van der Waals surface area contributed by atoms with Crippen molar-refractivity contribution in [3.63, 3.8) is 0 Å². The van der Waals surface area contributed by atoms with Gasteiger partial charge in [-0.3, -0.25) is 9.36 Å². The van der Waals surface area contributed by atoms with Crippen LogP contribution in [0.3, 0.4) is 0 Å². The van der Waals surface area contributed by atoms with Crippen molar-refractivity contribution in [2.45, 2.75) is 19.6 Å². The molecule has 4 N–H and O–H groups in total. The van der Waals surface area contributed by atoms with Gasteiger partial charge in [-0.05, 0) is 55.8 Å². The van der Waals surface area contributed by atoms with Crippen LogP contribution >= 0.6 is 0 Å². The Hall–Kier alpha value is -3.91. The van der Waals surface area contributed by atoms with Gasteiger partial charge in [-0.15, -0.1) is 0 Å². The molecule has 0 aromatic carbocycles. The maximum absolute atomic E-state index is 13.9. The normalized spacial score (nSPS) is 20.3. The van der Waals surface area contributed by atoms with Crippen molar-refractivity contribution >= 4 is 29.0 Å². The van der Waals surface area contributed by atoms with Gasteiger partial charge >= 0.3 is 0 Å². The maximum Gasteiger partial charge on any atom is 0.264 e. The van der Waals surface area contributed by atoms with Crippen molar-refractivity contribution in [2.75, 3.05) is 31.3 Å². The van der Waals surface area contributed by atoms with Crippen molar-refractivity contribution in [3.05, 3.63) is 82.0 Å². The van der Waals surface area contributed by atoms with E-state index in [0.717, 1.165) is 11.1 Å². The Morgan fingerprint density at radius 3 is 2.76 bits per heavy atom. The predicted molar refractivity (Wildman–Crippen MR) is 134 cm³/mol. The van der Waals surface area contributed by atoms with Crippen LogP contribution in [-0.4, -0.2) is 41.7 Å². The highest BCUT2D eigenvalue weighted by atomic mass is 16.5. The molecule has 33 heavy (non-hydrogen) atoms. The fourth-order valence-corrected chi connectivity index (χ4v) is 3.93. The summed E-state index contributed by atoms with van der Waals surface area (Å²) < 4.78 is 7.53. The van der Waals surface area contributed by atoms with Crippen LogP contribution in [0.5, 0.6) is 0 Å². The van der Waals surface area contributed by atoms with Crippen LogP contribution in [0.15, 0.2) is 65.3 Å². The summed E-state index contributed by atoms with van der Waals surface area (Å²) in [7, 11) is 3.58. The van der Waals surface area contributed by atoms with E-state index >= 15 is 0 Å². The minimum atomic E-state index is -0.738. The lowest BCUT2D eigenvalue weighted by molar-refractivity contribution is 0.0352. The number of nitrogens with zero attached hydrogens (tertiary/aromatic N) is 2. The van der Waals surface area contributed by atoms with Gasteiger partial charge in [0.1, 0.15) is 11.6 Å². The number of hydrogen-bond acceptors (Lipinski definition) is 7. The monoisotopic (exact) mass is 444 g/mol. The molecule has 0 spiro atoms. The van der Waals surface area contributed by atoms with Crippen LogP contribution < -0.4 is 21.5 Å². The van der Waals surface area contributed by atoms with Crippen LogP contribution in [0.2, 0.25) is 0 Å². The molecule has 170 valence electrons. The Labute approximate surface area is 192 Å². The summed E-state index contributed by atoms with van der Waals surface area (Å²) in [5.74, 6) is 1.35. The Kier molecular flexibility index (Phi) is 6.02. The van der Waals surface area contributed by atoms with E-state index in [2.05, 4.69) is 20.9 Å². The van der Waals surface area contributed by atoms with Crippen molar-refractivity contribution in [3.8, 4) is 5.69 Å². The van der Waals surface area contributed by atoms with Gasteiger partial charge in [-0.2, -0.15) is 0 Å². The molecule has 0 amide bonds. The zero-order valence-electron chi connectivity index (χ0n) is 19.2. The number of anilines is 2. The van der Waals surface area contributed by atoms with Crippen LogP contribution in [0.1, 0.15) is 25.0 Å². The number of hydrogen-bond donors (Lipinski definition) is 4. The fourth-order valence-electron chi connectivity index (χ4n) is 3.93. The molecule has 0 saturated carbocycles. The van der Waals surface area contributed by atoms with E-state index < -0.39 is 5.72 Å². The zero-order valence-corrected chi connectivity index (χ0v) is 19.2. The second kappa shape index (κ2) is 8.91. The number of nitrogens with one attached hydrogen (secondary N) is 4. The van der Waals surface area contributed by atoms with Crippen LogP contribution in [-0.2, 0) is 4.74 Å². The molecule has 4 rings (SSSR count). The third kappa shape index (κ3) is 4.25. The third-order valence-electron chi connectivity index (χ3n) is 5.55. The Bertz CT molecular complexity index is 1270. The minimum Gasteiger partial charge on any atom is -0.393 e. The number of fused-ring (bicyclic) bond motifs is 1. The fraction of sp³-hybridized carbons (Fsp3) is 0.240. The molecule has 1 aliphatic heterocycles. The highest BCUT2D eigenvalue weighted by molar-refractivity contribution is 6.13. The van der Waals surface area contributed by atoms with Crippen molar-refractivity contribution < 1.29 is 4.74 Å². The van der Waals surface area contributed by atoms with Gasteiger partial charge in [0, 0.05) is 43.6 Å². The van der Waals surface area contributed by atoms with Crippen LogP contribution in [0.4, 0.5) is 11.6 Å². The first kappa shape index (κ1) is 22.3. The Balaban J connectivity index is 1.94. The average Bonchev–Trinajstić information content (AvgIpc) is 2.81. The first-order valence-corrected chi connectivity index (χ1v) is 10.8. The lowest BCUT2D eigenvalue weighted by atomic mass is 9.94. The van der Waals surface area contributed by atoms with Crippen LogP contribution in [0, 0.1) is 5.41 Å². The molecule has 1 atom stereocenters. The molecule has 0 fully saturated rings.